The first-order valence-electron chi connectivity index (χ1n) is 7.54. The molecule has 8 heteroatoms. The van der Waals surface area contributed by atoms with Crippen LogP contribution in [-0.2, 0) is 19.1 Å². The number of esters is 2. The van der Waals surface area contributed by atoms with Gasteiger partial charge in [-0.05, 0) is 13.8 Å². The molecule has 3 fully saturated rings. The van der Waals surface area contributed by atoms with Crippen molar-refractivity contribution in [2.75, 3.05) is 65.6 Å². The third-order valence-electron chi connectivity index (χ3n) is 4.69. The van der Waals surface area contributed by atoms with Gasteiger partial charge in [0.15, 0.2) is 13.1 Å². The molecule has 6 nitrogen and oxygen atoms in total. The van der Waals surface area contributed by atoms with E-state index >= 15 is 0 Å². The lowest BCUT2D eigenvalue weighted by Gasteiger charge is -2.54. The lowest BCUT2D eigenvalue weighted by molar-refractivity contribution is -1.07. The third-order valence-corrected chi connectivity index (χ3v) is 4.69. The summed E-state index contributed by atoms with van der Waals surface area (Å²) in [5.41, 5.74) is 0. The molecule has 3 saturated heterocycles. The lowest BCUT2D eigenvalue weighted by Crippen LogP contribution is -3.00. The number of carbonyl (C=O) groups excluding carboxylic acids is 2. The molecule has 2 bridgehead atoms. The summed E-state index contributed by atoms with van der Waals surface area (Å²) < 4.78 is 11.8. The number of rotatable bonds is 6. The zero-order valence-electron chi connectivity index (χ0n) is 13.4. The Bertz CT molecular complexity index is 333. The van der Waals surface area contributed by atoms with E-state index in [0.717, 1.165) is 48.2 Å². The fourth-order valence-electron chi connectivity index (χ4n) is 3.38. The van der Waals surface area contributed by atoms with E-state index in [-0.39, 0.29) is 45.9 Å². The highest BCUT2D eigenvalue weighted by Gasteiger charge is 2.50. The monoisotopic (exact) mass is 444 g/mol. The average molecular weight is 446 g/mol. The molecule has 0 aromatic carbocycles. The van der Waals surface area contributed by atoms with E-state index in [0.29, 0.717) is 26.3 Å². The highest BCUT2D eigenvalue weighted by Crippen LogP contribution is 2.26. The minimum absolute atomic E-state index is 0. The van der Waals surface area contributed by atoms with Crippen molar-refractivity contribution in [1.82, 2.24) is 0 Å². The second-order valence-electron chi connectivity index (χ2n) is 5.95. The Balaban J connectivity index is 0.00000220. The summed E-state index contributed by atoms with van der Waals surface area (Å²) in [6, 6.07) is 0. The molecule has 0 aromatic rings. The number of fused-ring (bicyclic) bond motifs is 3. The van der Waals surface area contributed by atoms with Crippen molar-refractivity contribution >= 4 is 11.9 Å². The molecular formula is C14H26Br2N2O4. The molecule has 130 valence electrons. The SMILES string of the molecule is CCOC(=O)C[N+]12CC[N+](CC(=O)OCC)(CC1)CC2.[Br-].[Br-]. The van der Waals surface area contributed by atoms with Crippen LogP contribution in [-0.4, -0.2) is 86.5 Å². The topological polar surface area (TPSA) is 52.6 Å². The van der Waals surface area contributed by atoms with Crippen molar-refractivity contribution < 1.29 is 62.0 Å². The maximum absolute atomic E-state index is 11.7. The Labute approximate surface area is 153 Å². The van der Waals surface area contributed by atoms with Crippen LogP contribution in [0.3, 0.4) is 0 Å². The number of hydrogen-bond acceptors (Lipinski definition) is 4. The number of quaternary nitrogens is 2. The van der Waals surface area contributed by atoms with Gasteiger partial charge in [-0.3, -0.25) is 0 Å². The molecule has 3 aliphatic heterocycles. The van der Waals surface area contributed by atoms with Crippen molar-refractivity contribution in [3.8, 4) is 0 Å². The van der Waals surface area contributed by atoms with Crippen LogP contribution in [0.25, 0.3) is 0 Å². The minimum Gasteiger partial charge on any atom is -1.00 e. The van der Waals surface area contributed by atoms with Crippen LogP contribution in [0.5, 0.6) is 0 Å². The van der Waals surface area contributed by atoms with Gasteiger partial charge in [-0.1, -0.05) is 0 Å². The largest absolute Gasteiger partial charge is 1.00 e. The van der Waals surface area contributed by atoms with Crippen molar-refractivity contribution in [2.24, 2.45) is 0 Å². The van der Waals surface area contributed by atoms with Crippen molar-refractivity contribution in [2.45, 2.75) is 13.8 Å². The summed E-state index contributed by atoms with van der Waals surface area (Å²) in [5.74, 6) is -0.195. The van der Waals surface area contributed by atoms with Gasteiger partial charge < -0.3 is 52.4 Å². The number of ether oxygens (including phenoxy) is 2. The first-order chi connectivity index (χ1) is 9.53. The molecule has 0 N–H and O–H groups in total. The Hall–Kier alpha value is -0.180. The van der Waals surface area contributed by atoms with Gasteiger partial charge in [-0.2, -0.15) is 0 Å². The van der Waals surface area contributed by atoms with Crippen LogP contribution in [0.1, 0.15) is 13.8 Å². The molecular weight excluding hydrogens is 420 g/mol. The van der Waals surface area contributed by atoms with Gasteiger partial charge in [0.25, 0.3) is 0 Å². The summed E-state index contributed by atoms with van der Waals surface area (Å²) in [7, 11) is 0. The van der Waals surface area contributed by atoms with E-state index in [4.69, 9.17) is 9.47 Å². The Morgan fingerprint density at radius 1 is 0.727 bits per heavy atom. The maximum Gasteiger partial charge on any atom is 0.361 e. The highest BCUT2D eigenvalue weighted by molar-refractivity contribution is 5.71. The second-order valence-corrected chi connectivity index (χ2v) is 5.95. The molecule has 0 atom stereocenters. The third kappa shape index (κ3) is 5.18. The average Bonchev–Trinajstić information content (AvgIpc) is 2.41. The van der Waals surface area contributed by atoms with Crippen molar-refractivity contribution in [3.63, 3.8) is 0 Å². The fraction of sp³-hybridized carbons (Fsp3) is 0.857. The zero-order chi connectivity index (χ0) is 14.6. The predicted molar refractivity (Wildman–Crippen MR) is 72.7 cm³/mol. The van der Waals surface area contributed by atoms with E-state index in [9.17, 15) is 9.59 Å². The van der Waals surface area contributed by atoms with Crippen LogP contribution < -0.4 is 34.0 Å². The van der Waals surface area contributed by atoms with E-state index in [1.807, 2.05) is 13.8 Å². The predicted octanol–water partition coefficient (Wildman–Crippen LogP) is -6.22. The molecule has 0 aromatic heterocycles. The second kappa shape index (κ2) is 9.20. The van der Waals surface area contributed by atoms with E-state index in [1.54, 1.807) is 0 Å². The molecule has 3 heterocycles. The molecule has 0 aliphatic carbocycles. The number of nitrogens with zero attached hydrogens (tertiary/aromatic N) is 2. The van der Waals surface area contributed by atoms with Gasteiger partial charge in [0.1, 0.15) is 39.3 Å². The number of carbonyl (C=O) groups is 2. The van der Waals surface area contributed by atoms with Gasteiger partial charge in [-0.15, -0.1) is 0 Å². The number of hydrogen-bond donors (Lipinski definition) is 0. The molecule has 0 radical (unpaired) electrons. The van der Waals surface area contributed by atoms with Gasteiger partial charge >= 0.3 is 11.9 Å². The molecule has 0 saturated carbocycles. The summed E-state index contributed by atoms with van der Waals surface area (Å²) in [5, 5.41) is 0. The molecule has 3 rings (SSSR count). The summed E-state index contributed by atoms with van der Waals surface area (Å²) in [6.07, 6.45) is 0. The van der Waals surface area contributed by atoms with E-state index < -0.39 is 0 Å². The zero-order valence-corrected chi connectivity index (χ0v) is 16.5. The molecule has 22 heavy (non-hydrogen) atoms. The molecule has 0 spiro atoms. The summed E-state index contributed by atoms with van der Waals surface area (Å²) in [4.78, 5) is 23.4. The lowest BCUT2D eigenvalue weighted by atomic mass is 10.1. The Kier molecular flexibility index (Phi) is 9.12. The summed E-state index contributed by atoms with van der Waals surface area (Å²) in [6.45, 7) is 11.3. The fourth-order valence-corrected chi connectivity index (χ4v) is 3.38. The number of piperazine rings is 3. The van der Waals surface area contributed by atoms with Gasteiger partial charge in [0.05, 0.1) is 13.2 Å². The summed E-state index contributed by atoms with van der Waals surface area (Å²) >= 11 is 0. The van der Waals surface area contributed by atoms with Gasteiger partial charge in [0.2, 0.25) is 0 Å². The van der Waals surface area contributed by atoms with Gasteiger partial charge in [-0.25, -0.2) is 9.59 Å². The molecule has 0 amide bonds. The quantitative estimate of drug-likeness (QED) is 0.301. The normalized spacial score (nSPS) is 29.0. The minimum atomic E-state index is -0.0974. The van der Waals surface area contributed by atoms with Crippen LogP contribution in [0.4, 0.5) is 0 Å². The Morgan fingerprint density at radius 3 is 1.23 bits per heavy atom. The van der Waals surface area contributed by atoms with Crippen LogP contribution in [0, 0.1) is 0 Å². The smallest absolute Gasteiger partial charge is 0.361 e. The standard InChI is InChI=1S/C14H26N2O4.2BrH/c1-3-19-13(17)11-15-5-8-16(9-6-15,10-7-15)12-14(18)20-4-2;;/h3-12H2,1-2H3;2*1H/q+2;;/p-2. The number of halogens is 2. The van der Waals surface area contributed by atoms with Crippen molar-refractivity contribution in [3.05, 3.63) is 0 Å². The molecule has 3 aliphatic rings. The van der Waals surface area contributed by atoms with Crippen molar-refractivity contribution in [1.29, 1.82) is 0 Å². The van der Waals surface area contributed by atoms with Crippen LogP contribution in [0.2, 0.25) is 0 Å². The first-order valence-corrected chi connectivity index (χ1v) is 7.54. The molecule has 0 unspecified atom stereocenters. The van der Waals surface area contributed by atoms with E-state index in [1.165, 1.54) is 0 Å². The van der Waals surface area contributed by atoms with Crippen LogP contribution in [0.15, 0.2) is 0 Å². The van der Waals surface area contributed by atoms with Crippen LogP contribution >= 0.6 is 0 Å². The van der Waals surface area contributed by atoms with E-state index in [2.05, 4.69) is 0 Å². The van der Waals surface area contributed by atoms with Gasteiger partial charge in [0, 0.05) is 0 Å². The first kappa shape index (κ1) is 21.8. The maximum atomic E-state index is 11.7. The Morgan fingerprint density at radius 2 is 1.00 bits per heavy atom. The highest BCUT2D eigenvalue weighted by atomic mass is 79.9.